The number of benzene rings is 1. The standard InChI is InChI=1S/C17H17N5O4/c23-17(24)14-16(21-22-19-14)26-13-7-5-11(6-8-13)10-1-3-12(4-2-10)15-20-18-9-25-15/h1-4,9,11,13H,5-8H2,(H,23,24)(H,19,21,22)/t11-,13-. The summed E-state index contributed by atoms with van der Waals surface area (Å²) in [6, 6.07) is 8.15. The quantitative estimate of drug-likeness (QED) is 0.715. The Hall–Kier alpha value is -3.23. The van der Waals surface area contributed by atoms with E-state index in [2.05, 4.69) is 37.7 Å². The first kappa shape index (κ1) is 16.2. The highest BCUT2D eigenvalue weighted by Crippen LogP contribution is 2.35. The highest BCUT2D eigenvalue weighted by atomic mass is 16.5. The van der Waals surface area contributed by atoms with Crippen LogP contribution in [-0.2, 0) is 0 Å². The number of carboxylic acids is 1. The minimum absolute atomic E-state index is 0.0490. The molecule has 0 atom stereocenters. The van der Waals surface area contributed by atoms with Gasteiger partial charge in [-0.05, 0) is 49.3 Å². The van der Waals surface area contributed by atoms with E-state index in [1.165, 1.54) is 12.0 Å². The van der Waals surface area contributed by atoms with E-state index in [1.807, 2.05) is 12.1 Å². The molecule has 0 radical (unpaired) electrons. The SMILES string of the molecule is O=C(O)c1[nH]nnc1O[C@H]1CC[C@H](c2ccc(-c3nnco3)cc2)CC1. The van der Waals surface area contributed by atoms with E-state index in [-0.39, 0.29) is 17.7 Å². The molecule has 1 aliphatic carbocycles. The Balaban J connectivity index is 1.36. The van der Waals surface area contributed by atoms with Gasteiger partial charge in [0, 0.05) is 5.56 Å². The molecular formula is C17H17N5O4. The number of nitrogens with one attached hydrogen (secondary N) is 1. The Morgan fingerprint density at radius 1 is 1.15 bits per heavy atom. The molecule has 2 aromatic heterocycles. The van der Waals surface area contributed by atoms with Crippen LogP contribution < -0.4 is 4.74 Å². The first-order valence-corrected chi connectivity index (χ1v) is 8.38. The van der Waals surface area contributed by atoms with E-state index >= 15 is 0 Å². The number of hydrogen-bond acceptors (Lipinski definition) is 7. The Morgan fingerprint density at radius 2 is 1.92 bits per heavy atom. The molecule has 26 heavy (non-hydrogen) atoms. The van der Waals surface area contributed by atoms with Gasteiger partial charge in [-0.2, -0.15) is 0 Å². The number of aromatic amines is 1. The minimum Gasteiger partial charge on any atom is -0.476 e. The molecule has 0 aliphatic heterocycles. The van der Waals surface area contributed by atoms with Gasteiger partial charge in [0.2, 0.25) is 18.0 Å². The van der Waals surface area contributed by atoms with Crippen LogP contribution in [0, 0.1) is 0 Å². The van der Waals surface area contributed by atoms with Crippen molar-refractivity contribution in [1.82, 2.24) is 25.6 Å². The van der Waals surface area contributed by atoms with Crippen molar-refractivity contribution in [3.8, 4) is 17.3 Å². The maximum atomic E-state index is 11.1. The van der Waals surface area contributed by atoms with Crippen LogP contribution in [0.25, 0.3) is 11.5 Å². The summed E-state index contributed by atoms with van der Waals surface area (Å²) in [5, 5.41) is 26.2. The molecule has 0 spiro atoms. The van der Waals surface area contributed by atoms with E-state index in [4.69, 9.17) is 14.3 Å². The van der Waals surface area contributed by atoms with Crippen LogP contribution in [0.15, 0.2) is 35.1 Å². The Labute approximate surface area is 148 Å². The lowest BCUT2D eigenvalue weighted by Gasteiger charge is -2.28. The lowest BCUT2D eigenvalue weighted by molar-refractivity contribution is 0.0678. The summed E-state index contributed by atoms with van der Waals surface area (Å²) < 4.78 is 10.9. The molecule has 2 N–H and O–H groups in total. The molecule has 1 saturated carbocycles. The average Bonchev–Trinajstić information content (AvgIpc) is 3.34. The first-order valence-electron chi connectivity index (χ1n) is 8.38. The van der Waals surface area contributed by atoms with E-state index in [0.29, 0.717) is 11.8 Å². The summed E-state index contributed by atoms with van der Waals surface area (Å²) in [6.07, 6.45) is 4.86. The van der Waals surface area contributed by atoms with Gasteiger partial charge in [0.1, 0.15) is 6.10 Å². The predicted octanol–water partition coefficient (Wildman–Crippen LogP) is 2.66. The largest absolute Gasteiger partial charge is 0.476 e. The van der Waals surface area contributed by atoms with E-state index in [0.717, 1.165) is 31.2 Å². The molecular weight excluding hydrogens is 338 g/mol. The monoisotopic (exact) mass is 355 g/mol. The number of carbonyl (C=O) groups is 1. The molecule has 4 rings (SSSR count). The fourth-order valence-electron chi connectivity index (χ4n) is 3.31. The number of aromatic carboxylic acids is 1. The number of aromatic nitrogens is 5. The van der Waals surface area contributed by atoms with Crippen molar-refractivity contribution in [1.29, 1.82) is 0 Å². The molecule has 0 bridgehead atoms. The summed E-state index contributed by atoms with van der Waals surface area (Å²) in [4.78, 5) is 11.1. The van der Waals surface area contributed by atoms with Crippen molar-refractivity contribution in [3.05, 3.63) is 41.9 Å². The molecule has 1 aromatic carbocycles. The van der Waals surface area contributed by atoms with Gasteiger partial charge in [-0.25, -0.2) is 9.89 Å². The van der Waals surface area contributed by atoms with Gasteiger partial charge in [-0.1, -0.05) is 22.4 Å². The summed E-state index contributed by atoms with van der Waals surface area (Å²) in [7, 11) is 0. The maximum absolute atomic E-state index is 11.1. The highest BCUT2D eigenvalue weighted by molar-refractivity contribution is 5.87. The number of nitrogens with zero attached hydrogens (tertiary/aromatic N) is 4. The van der Waals surface area contributed by atoms with Crippen LogP contribution in [-0.4, -0.2) is 42.8 Å². The number of H-pyrrole nitrogens is 1. The van der Waals surface area contributed by atoms with Crippen molar-refractivity contribution in [3.63, 3.8) is 0 Å². The van der Waals surface area contributed by atoms with Crippen LogP contribution in [0.1, 0.15) is 47.7 Å². The van der Waals surface area contributed by atoms with Gasteiger partial charge in [0.15, 0.2) is 0 Å². The van der Waals surface area contributed by atoms with Crippen molar-refractivity contribution < 1.29 is 19.1 Å². The second kappa shape index (κ2) is 6.95. The summed E-state index contributed by atoms with van der Waals surface area (Å²) in [5.41, 5.74) is 2.05. The average molecular weight is 355 g/mol. The van der Waals surface area contributed by atoms with Gasteiger partial charge in [-0.3, -0.25) is 0 Å². The predicted molar refractivity (Wildman–Crippen MR) is 88.7 cm³/mol. The lowest BCUT2D eigenvalue weighted by Crippen LogP contribution is -2.24. The Bertz CT molecular complexity index is 867. The van der Waals surface area contributed by atoms with Crippen LogP contribution in [0.3, 0.4) is 0 Å². The number of rotatable bonds is 5. The van der Waals surface area contributed by atoms with Gasteiger partial charge in [0.05, 0.1) is 0 Å². The number of hydrogen-bond donors (Lipinski definition) is 2. The molecule has 3 aromatic rings. The summed E-state index contributed by atoms with van der Waals surface area (Å²) >= 11 is 0. The fourth-order valence-corrected chi connectivity index (χ4v) is 3.31. The third-order valence-corrected chi connectivity index (χ3v) is 4.67. The second-order valence-corrected chi connectivity index (χ2v) is 6.25. The normalized spacial score (nSPS) is 20.0. The van der Waals surface area contributed by atoms with E-state index < -0.39 is 5.97 Å². The molecule has 1 fully saturated rings. The molecule has 0 saturated heterocycles. The molecule has 2 heterocycles. The number of carboxylic acid groups (broad SMARTS) is 1. The van der Waals surface area contributed by atoms with Crippen LogP contribution in [0.5, 0.6) is 5.88 Å². The van der Waals surface area contributed by atoms with Crippen LogP contribution in [0.2, 0.25) is 0 Å². The van der Waals surface area contributed by atoms with Crippen molar-refractivity contribution in [2.45, 2.75) is 37.7 Å². The van der Waals surface area contributed by atoms with Gasteiger partial charge in [-0.15, -0.1) is 10.2 Å². The molecule has 1 aliphatic rings. The summed E-state index contributed by atoms with van der Waals surface area (Å²) in [6.45, 7) is 0. The Morgan fingerprint density at radius 3 is 2.58 bits per heavy atom. The van der Waals surface area contributed by atoms with Gasteiger partial charge in [0.25, 0.3) is 5.88 Å². The molecule has 0 unspecified atom stereocenters. The molecule has 134 valence electrons. The number of ether oxygens (including phenoxy) is 1. The maximum Gasteiger partial charge on any atom is 0.359 e. The lowest BCUT2D eigenvalue weighted by atomic mass is 9.82. The molecule has 9 nitrogen and oxygen atoms in total. The van der Waals surface area contributed by atoms with E-state index in [1.54, 1.807) is 0 Å². The van der Waals surface area contributed by atoms with Crippen molar-refractivity contribution in [2.24, 2.45) is 0 Å². The zero-order valence-corrected chi connectivity index (χ0v) is 13.8. The third kappa shape index (κ3) is 3.28. The molecule has 0 amide bonds. The summed E-state index contributed by atoms with van der Waals surface area (Å²) in [5.74, 6) is -0.108. The van der Waals surface area contributed by atoms with Gasteiger partial charge >= 0.3 is 5.97 Å². The highest BCUT2D eigenvalue weighted by Gasteiger charge is 2.26. The van der Waals surface area contributed by atoms with E-state index in [9.17, 15) is 4.79 Å². The Kier molecular flexibility index (Phi) is 4.34. The second-order valence-electron chi connectivity index (χ2n) is 6.25. The van der Waals surface area contributed by atoms with Crippen LogP contribution in [0.4, 0.5) is 0 Å². The third-order valence-electron chi connectivity index (χ3n) is 4.67. The van der Waals surface area contributed by atoms with Crippen LogP contribution >= 0.6 is 0 Å². The smallest absolute Gasteiger partial charge is 0.359 e. The fraction of sp³-hybridized carbons (Fsp3) is 0.353. The van der Waals surface area contributed by atoms with Crippen molar-refractivity contribution >= 4 is 5.97 Å². The molecule has 9 heteroatoms. The zero-order chi connectivity index (χ0) is 17.9. The van der Waals surface area contributed by atoms with Crippen molar-refractivity contribution in [2.75, 3.05) is 0 Å². The topological polar surface area (TPSA) is 127 Å². The van der Waals surface area contributed by atoms with Gasteiger partial charge < -0.3 is 14.3 Å². The minimum atomic E-state index is -1.12. The zero-order valence-electron chi connectivity index (χ0n) is 13.8. The first-order chi connectivity index (χ1) is 12.7.